The molecular formula is C17H20N4O2. The van der Waals surface area contributed by atoms with Crippen molar-refractivity contribution in [1.29, 1.82) is 0 Å². The summed E-state index contributed by atoms with van der Waals surface area (Å²) < 4.78 is 0. The zero-order valence-corrected chi connectivity index (χ0v) is 12.9. The van der Waals surface area contributed by atoms with Crippen LogP contribution in [0.5, 0.6) is 0 Å². The maximum Gasteiger partial charge on any atom is 0.287 e. The average Bonchev–Trinajstić information content (AvgIpc) is 3.11. The number of nitro groups is 1. The molecule has 1 saturated heterocycles. The molecule has 120 valence electrons. The van der Waals surface area contributed by atoms with Crippen LogP contribution in [0, 0.1) is 10.1 Å². The number of likely N-dealkylation sites (tertiary alicyclic amines) is 1. The van der Waals surface area contributed by atoms with Gasteiger partial charge < -0.3 is 5.32 Å². The fourth-order valence-electron chi connectivity index (χ4n) is 2.99. The van der Waals surface area contributed by atoms with Crippen LogP contribution in [0.2, 0.25) is 0 Å². The highest BCUT2D eigenvalue weighted by Gasteiger charge is 2.23. The van der Waals surface area contributed by atoms with Gasteiger partial charge in [-0.1, -0.05) is 30.3 Å². The van der Waals surface area contributed by atoms with Crippen molar-refractivity contribution in [3.63, 3.8) is 0 Å². The first-order valence-corrected chi connectivity index (χ1v) is 7.87. The Kier molecular flexibility index (Phi) is 4.83. The fraction of sp³-hybridized carbons (Fsp3) is 0.353. The Labute approximate surface area is 135 Å². The maximum absolute atomic E-state index is 10.7. The van der Waals surface area contributed by atoms with Crippen LogP contribution in [0.1, 0.15) is 24.4 Å². The van der Waals surface area contributed by atoms with E-state index in [1.807, 2.05) is 6.07 Å². The number of nitrogens with one attached hydrogen (secondary N) is 1. The molecule has 1 aliphatic heterocycles. The quantitative estimate of drug-likeness (QED) is 0.655. The van der Waals surface area contributed by atoms with Gasteiger partial charge >= 0.3 is 0 Å². The van der Waals surface area contributed by atoms with Crippen LogP contribution < -0.4 is 5.32 Å². The highest BCUT2D eigenvalue weighted by Crippen LogP contribution is 2.25. The van der Waals surface area contributed by atoms with Crippen LogP contribution in [0.3, 0.4) is 0 Å². The Hall–Kier alpha value is -2.47. The van der Waals surface area contributed by atoms with E-state index >= 15 is 0 Å². The molecule has 23 heavy (non-hydrogen) atoms. The second-order valence-electron chi connectivity index (χ2n) is 5.71. The first-order chi connectivity index (χ1) is 11.2. The SMILES string of the molecule is O=[N+]([O-])c1ccc(NC[C@H](c2ccccc2)N2CCCC2)nc1. The lowest BCUT2D eigenvalue weighted by atomic mass is 10.1. The van der Waals surface area contributed by atoms with Gasteiger partial charge in [-0.25, -0.2) is 4.98 Å². The number of aromatic nitrogens is 1. The molecule has 2 heterocycles. The summed E-state index contributed by atoms with van der Waals surface area (Å²) in [4.78, 5) is 16.8. The molecule has 1 aromatic heterocycles. The maximum atomic E-state index is 10.7. The van der Waals surface area contributed by atoms with Crippen molar-refractivity contribution in [2.24, 2.45) is 0 Å². The average molecular weight is 312 g/mol. The Balaban J connectivity index is 1.70. The zero-order valence-electron chi connectivity index (χ0n) is 12.9. The molecule has 0 aliphatic carbocycles. The molecule has 1 atom stereocenters. The Morgan fingerprint density at radius 3 is 2.52 bits per heavy atom. The molecule has 0 saturated carbocycles. The number of rotatable bonds is 6. The molecule has 1 N–H and O–H groups in total. The smallest absolute Gasteiger partial charge is 0.287 e. The first-order valence-electron chi connectivity index (χ1n) is 7.87. The minimum atomic E-state index is -0.437. The summed E-state index contributed by atoms with van der Waals surface area (Å²) in [6, 6.07) is 13.9. The monoisotopic (exact) mass is 312 g/mol. The Bertz CT molecular complexity index is 639. The van der Waals surface area contributed by atoms with Crippen molar-refractivity contribution in [3.8, 4) is 0 Å². The van der Waals surface area contributed by atoms with Crippen LogP contribution >= 0.6 is 0 Å². The van der Waals surface area contributed by atoms with E-state index in [0.29, 0.717) is 5.82 Å². The third-order valence-electron chi connectivity index (χ3n) is 4.20. The molecule has 0 bridgehead atoms. The third kappa shape index (κ3) is 3.84. The summed E-state index contributed by atoms with van der Waals surface area (Å²) in [6.07, 6.45) is 3.76. The van der Waals surface area contributed by atoms with Gasteiger partial charge in [0.2, 0.25) is 0 Å². The molecule has 0 spiro atoms. The molecule has 1 aromatic carbocycles. The highest BCUT2D eigenvalue weighted by atomic mass is 16.6. The second kappa shape index (κ2) is 7.19. The lowest BCUT2D eigenvalue weighted by molar-refractivity contribution is -0.385. The number of pyridine rings is 1. The summed E-state index contributed by atoms with van der Waals surface area (Å²) in [5, 5.41) is 14.0. The number of benzene rings is 1. The number of hydrogen-bond acceptors (Lipinski definition) is 5. The highest BCUT2D eigenvalue weighted by molar-refractivity contribution is 5.40. The topological polar surface area (TPSA) is 71.3 Å². The van der Waals surface area contributed by atoms with E-state index in [-0.39, 0.29) is 11.7 Å². The standard InChI is InChI=1S/C17H20N4O2/c22-21(23)15-8-9-17(18-12-15)19-13-16(20-10-4-5-11-20)14-6-2-1-3-7-14/h1-3,6-9,12,16H,4-5,10-11,13H2,(H,18,19)/t16-/m1/s1. The van der Waals surface area contributed by atoms with Gasteiger partial charge in [-0.3, -0.25) is 15.0 Å². The first kappa shape index (κ1) is 15.4. The molecule has 2 aromatic rings. The van der Waals surface area contributed by atoms with Gasteiger partial charge in [0.05, 0.1) is 11.0 Å². The van der Waals surface area contributed by atoms with Crippen LogP contribution in [-0.4, -0.2) is 34.4 Å². The largest absolute Gasteiger partial charge is 0.368 e. The second-order valence-corrected chi connectivity index (χ2v) is 5.71. The van der Waals surface area contributed by atoms with Gasteiger partial charge in [0, 0.05) is 12.6 Å². The van der Waals surface area contributed by atoms with Crippen LogP contribution in [0.4, 0.5) is 11.5 Å². The van der Waals surface area contributed by atoms with E-state index in [4.69, 9.17) is 0 Å². The predicted molar refractivity (Wildman–Crippen MR) is 89.4 cm³/mol. The van der Waals surface area contributed by atoms with Gasteiger partial charge in [0.25, 0.3) is 5.69 Å². The molecule has 0 radical (unpaired) electrons. The van der Waals surface area contributed by atoms with E-state index in [0.717, 1.165) is 19.6 Å². The molecule has 1 fully saturated rings. The summed E-state index contributed by atoms with van der Waals surface area (Å²) >= 11 is 0. The van der Waals surface area contributed by atoms with E-state index in [9.17, 15) is 10.1 Å². The van der Waals surface area contributed by atoms with E-state index in [1.165, 1.54) is 30.7 Å². The normalized spacial score (nSPS) is 16.2. The minimum absolute atomic E-state index is 0.00898. The fourth-order valence-corrected chi connectivity index (χ4v) is 2.99. The van der Waals surface area contributed by atoms with Crippen LogP contribution in [-0.2, 0) is 0 Å². The Morgan fingerprint density at radius 2 is 1.91 bits per heavy atom. The van der Waals surface area contributed by atoms with Crippen molar-refractivity contribution < 1.29 is 4.92 Å². The Morgan fingerprint density at radius 1 is 1.17 bits per heavy atom. The number of nitrogens with zero attached hydrogens (tertiary/aromatic N) is 3. The molecule has 6 nitrogen and oxygen atoms in total. The molecule has 6 heteroatoms. The zero-order chi connectivity index (χ0) is 16.1. The van der Waals surface area contributed by atoms with Gasteiger partial charge in [-0.2, -0.15) is 0 Å². The van der Waals surface area contributed by atoms with Crippen molar-refractivity contribution in [1.82, 2.24) is 9.88 Å². The lowest BCUT2D eigenvalue weighted by Gasteiger charge is -2.28. The molecular weight excluding hydrogens is 292 g/mol. The third-order valence-corrected chi connectivity index (χ3v) is 4.20. The van der Waals surface area contributed by atoms with Crippen molar-refractivity contribution in [3.05, 3.63) is 64.3 Å². The van der Waals surface area contributed by atoms with Gasteiger partial charge in [-0.15, -0.1) is 0 Å². The van der Waals surface area contributed by atoms with Crippen LogP contribution in [0.15, 0.2) is 48.7 Å². The van der Waals surface area contributed by atoms with Gasteiger partial charge in [0.15, 0.2) is 0 Å². The number of anilines is 1. The number of hydrogen-bond donors (Lipinski definition) is 1. The van der Waals surface area contributed by atoms with Crippen LogP contribution in [0.25, 0.3) is 0 Å². The van der Waals surface area contributed by atoms with Gasteiger partial charge in [0.1, 0.15) is 12.0 Å². The predicted octanol–water partition coefficient (Wildman–Crippen LogP) is 3.24. The molecule has 1 aliphatic rings. The van der Waals surface area contributed by atoms with Crippen molar-refractivity contribution in [2.45, 2.75) is 18.9 Å². The molecule has 0 amide bonds. The van der Waals surface area contributed by atoms with E-state index in [1.54, 1.807) is 6.07 Å². The summed E-state index contributed by atoms with van der Waals surface area (Å²) in [5.41, 5.74) is 1.29. The summed E-state index contributed by atoms with van der Waals surface area (Å²) in [6.45, 7) is 2.94. The minimum Gasteiger partial charge on any atom is -0.368 e. The molecule has 3 rings (SSSR count). The summed E-state index contributed by atoms with van der Waals surface area (Å²) in [7, 11) is 0. The molecule has 0 unspecified atom stereocenters. The van der Waals surface area contributed by atoms with Crippen molar-refractivity contribution >= 4 is 11.5 Å². The van der Waals surface area contributed by atoms with E-state index in [2.05, 4.69) is 39.5 Å². The lowest BCUT2D eigenvalue weighted by Crippen LogP contribution is -2.31. The van der Waals surface area contributed by atoms with Gasteiger partial charge in [-0.05, 0) is 37.6 Å². The van der Waals surface area contributed by atoms with E-state index < -0.39 is 4.92 Å². The van der Waals surface area contributed by atoms with Crippen molar-refractivity contribution in [2.75, 3.05) is 25.0 Å². The summed E-state index contributed by atoms with van der Waals surface area (Å²) in [5.74, 6) is 0.663.